The minimum absolute atomic E-state index is 0.443. The van der Waals surface area contributed by atoms with Gasteiger partial charge < -0.3 is 10.1 Å². The largest absolute Gasteiger partial charge is 0.383 e. The number of benzene rings is 1. The van der Waals surface area contributed by atoms with Crippen LogP contribution < -0.4 is 5.32 Å². The molecule has 15 heavy (non-hydrogen) atoms. The highest BCUT2D eigenvalue weighted by molar-refractivity contribution is 5.36. The predicted octanol–water partition coefficient (Wildman–Crippen LogP) is 1.95. The summed E-state index contributed by atoms with van der Waals surface area (Å²) in [6, 6.07) is 9.21. The van der Waals surface area contributed by atoms with Crippen LogP contribution in [0, 0.1) is 0 Å². The van der Waals surface area contributed by atoms with Crippen LogP contribution in [0.15, 0.2) is 24.3 Å². The lowest BCUT2D eigenvalue weighted by atomic mass is 9.94. The van der Waals surface area contributed by atoms with Crippen molar-refractivity contribution in [3.63, 3.8) is 0 Å². The summed E-state index contributed by atoms with van der Waals surface area (Å²) in [7, 11) is 3.79. The van der Waals surface area contributed by atoms with Crippen LogP contribution in [0.1, 0.15) is 23.5 Å². The Bertz CT molecular complexity index is 324. The quantitative estimate of drug-likeness (QED) is 0.811. The standard InChI is InChI=1S/C13H19NO/c1-14-13(9-15-2)12-8-7-10-5-3-4-6-11(10)12/h3-6,12-14H,7-9H2,1-2H3. The van der Waals surface area contributed by atoms with Gasteiger partial charge in [0.05, 0.1) is 6.61 Å². The average Bonchev–Trinajstić information content (AvgIpc) is 2.70. The minimum atomic E-state index is 0.443. The molecule has 0 aliphatic heterocycles. The Morgan fingerprint density at radius 3 is 3.00 bits per heavy atom. The van der Waals surface area contributed by atoms with Crippen LogP contribution in [0.4, 0.5) is 0 Å². The average molecular weight is 205 g/mol. The molecule has 1 aromatic rings. The summed E-state index contributed by atoms with van der Waals surface area (Å²) in [5.41, 5.74) is 3.02. The van der Waals surface area contributed by atoms with Crippen LogP contribution in [-0.4, -0.2) is 26.8 Å². The molecule has 0 bridgehead atoms. The van der Waals surface area contributed by atoms with E-state index in [1.165, 1.54) is 24.0 Å². The van der Waals surface area contributed by atoms with Crippen LogP contribution in [0.2, 0.25) is 0 Å². The number of aryl methyl sites for hydroxylation is 1. The van der Waals surface area contributed by atoms with E-state index in [0.717, 1.165) is 6.61 Å². The lowest BCUT2D eigenvalue weighted by Gasteiger charge is -2.23. The molecular weight excluding hydrogens is 186 g/mol. The van der Waals surface area contributed by atoms with Crippen molar-refractivity contribution in [1.29, 1.82) is 0 Å². The molecule has 1 N–H and O–H groups in total. The van der Waals surface area contributed by atoms with Crippen molar-refractivity contribution in [2.75, 3.05) is 20.8 Å². The van der Waals surface area contributed by atoms with E-state index >= 15 is 0 Å². The predicted molar refractivity (Wildman–Crippen MR) is 62.2 cm³/mol. The summed E-state index contributed by atoms with van der Waals surface area (Å²) in [6.45, 7) is 0.787. The molecule has 2 heteroatoms. The first-order chi connectivity index (χ1) is 7.36. The maximum Gasteiger partial charge on any atom is 0.0621 e. The zero-order chi connectivity index (χ0) is 10.7. The number of ether oxygens (including phenoxy) is 1. The minimum Gasteiger partial charge on any atom is -0.383 e. The Hall–Kier alpha value is -0.860. The fourth-order valence-electron chi connectivity index (χ4n) is 2.59. The Kier molecular flexibility index (Phi) is 3.39. The van der Waals surface area contributed by atoms with E-state index in [2.05, 4.69) is 29.6 Å². The third-order valence-electron chi connectivity index (χ3n) is 3.38. The van der Waals surface area contributed by atoms with Gasteiger partial charge in [-0.1, -0.05) is 24.3 Å². The molecule has 0 fully saturated rings. The van der Waals surface area contributed by atoms with Gasteiger partial charge in [0.2, 0.25) is 0 Å². The van der Waals surface area contributed by atoms with Crippen molar-refractivity contribution in [2.24, 2.45) is 0 Å². The van der Waals surface area contributed by atoms with E-state index in [4.69, 9.17) is 4.74 Å². The van der Waals surface area contributed by atoms with Crippen molar-refractivity contribution in [2.45, 2.75) is 24.8 Å². The number of rotatable bonds is 4. The molecule has 0 aromatic heterocycles. The highest BCUT2D eigenvalue weighted by Gasteiger charge is 2.28. The molecule has 0 saturated heterocycles. The van der Waals surface area contributed by atoms with Gasteiger partial charge in [0.1, 0.15) is 0 Å². The van der Waals surface area contributed by atoms with Gasteiger partial charge in [-0.05, 0) is 31.0 Å². The second-order valence-electron chi connectivity index (χ2n) is 4.19. The van der Waals surface area contributed by atoms with Gasteiger partial charge in [-0.15, -0.1) is 0 Å². The molecule has 0 amide bonds. The Morgan fingerprint density at radius 2 is 2.27 bits per heavy atom. The highest BCUT2D eigenvalue weighted by Crippen LogP contribution is 2.35. The second kappa shape index (κ2) is 4.77. The van der Waals surface area contributed by atoms with Crippen molar-refractivity contribution in [1.82, 2.24) is 5.32 Å². The first kappa shape index (κ1) is 10.7. The van der Waals surface area contributed by atoms with E-state index in [-0.39, 0.29) is 0 Å². The number of likely N-dealkylation sites (N-methyl/N-ethyl adjacent to an activating group) is 1. The maximum absolute atomic E-state index is 5.26. The van der Waals surface area contributed by atoms with Crippen LogP contribution in [0.25, 0.3) is 0 Å². The van der Waals surface area contributed by atoms with Crippen molar-refractivity contribution in [3.8, 4) is 0 Å². The van der Waals surface area contributed by atoms with E-state index in [9.17, 15) is 0 Å². The molecule has 1 aliphatic rings. The van der Waals surface area contributed by atoms with Crippen LogP contribution >= 0.6 is 0 Å². The summed E-state index contributed by atoms with van der Waals surface area (Å²) in [4.78, 5) is 0. The molecule has 0 heterocycles. The third-order valence-corrected chi connectivity index (χ3v) is 3.38. The van der Waals surface area contributed by atoms with E-state index in [0.29, 0.717) is 12.0 Å². The van der Waals surface area contributed by atoms with Crippen molar-refractivity contribution < 1.29 is 4.74 Å². The lowest BCUT2D eigenvalue weighted by molar-refractivity contribution is 0.158. The normalized spacial score (nSPS) is 21.3. The van der Waals surface area contributed by atoms with E-state index in [1.54, 1.807) is 7.11 Å². The molecule has 2 atom stereocenters. The monoisotopic (exact) mass is 205 g/mol. The van der Waals surface area contributed by atoms with Gasteiger partial charge in [-0.25, -0.2) is 0 Å². The number of fused-ring (bicyclic) bond motifs is 1. The van der Waals surface area contributed by atoms with Gasteiger partial charge in [0.15, 0.2) is 0 Å². The van der Waals surface area contributed by atoms with Crippen LogP contribution in [0.3, 0.4) is 0 Å². The molecule has 2 rings (SSSR count). The Morgan fingerprint density at radius 1 is 1.47 bits per heavy atom. The Labute approximate surface area is 91.6 Å². The number of nitrogens with one attached hydrogen (secondary N) is 1. The summed E-state index contributed by atoms with van der Waals surface area (Å²) in [5.74, 6) is 0.617. The smallest absolute Gasteiger partial charge is 0.0621 e. The van der Waals surface area contributed by atoms with E-state index in [1.807, 2.05) is 7.05 Å². The SMILES string of the molecule is CNC(COC)C1CCc2ccccc21. The first-order valence-electron chi connectivity index (χ1n) is 5.61. The fraction of sp³-hybridized carbons (Fsp3) is 0.538. The molecule has 2 unspecified atom stereocenters. The second-order valence-corrected chi connectivity index (χ2v) is 4.19. The zero-order valence-corrected chi connectivity index (χ0v) is 9.49. The molecule has 2 nitrogen and oxygen atoms in total. The number of methoxy groups -OCH3 is 1. The van der Waals surface area contributed by atoms with Crippen molar-refractivity contribution >= 4 is 0 Å². The maximum atomic E-state index is 5.26. The molecule has 82 valence electrons. The lowest BCUT2D eigenvalue weighted by Crippen LogP contribution is -2.35. The molecule has 0 saturated carbocycles. The number of hydrogen-bond acceptors (Lipinski definition) is 2. The molecular formula is C13H19NO. The van der Waals surface area contributed by atoms with Crippen LogP contribution in [0.5, 0.6) is 0 Å². The molecule has 1 aromatic carbocycles. The third kappa shape index (κ3) is 2.06. The first-order valence-corrected chi connectivity index (χ1v) is 5.61. The highest BCUT2D eigenvalue weighted by atomic mass is 16.5. The zero-order valence-electron chi connectivity index (χ0n) is 9.49. The summed E-state index contributed by atoms with van der Waals surface area (Å²) < 4.78 is 5.26. The Balaban J connectivity index is 2.18. The number of hydrogen-bond donors (Lipinski definition) is 1. The van der Waals surface area contributed by atoms with E-state index < -0.39 is 0 Å². The van der Waals surface area contributed by atoms with Crippen molar-refractivity contribution in [3.05, 3.63) is 35.4 Å². The van der Waals surface area contributed by atoms with Gasteiger partial charge in [-0.3, -0.25) is 0 Å². The van der Waals surface area contributed by atoms with Gasteiger partial charge >= 0.3 is 0 Å². The topological polar surface area (TPSA) is 21.3 Å². The fourth-order valence-corrected chi connectivity index (χ4v) is 2.59. The molecule has 0 radical (unpaired) electrons. The van der Waals surface area contributed by atoms with Gasteiger partial charge in [0.25, 0.3) is 0 Å². The summed E-state index contributed by atoms with van der Waals surface area (Å²) >= 11 is 0. The van der Waals surface area contributed by atoms with Gasteiger partial charge in [0, 0.05) is 19.1 Å². The van der Waals surface area contributed by atoms with Gasteiger partial charge in [-0.2, -0.15) is 0 Å². The van der Waals surface area contributed by atoms with Crippen LogP contribution in [-0.2, 0) is 11.2 Å². The molecule has 1 aliphatic carbocycles. The summed E-state index contributed by atoms with van der Waals surface area (Å²) in [5, 5.41) is 3.36. The molecule has 0 spiro atoms. The summed E-state index contributed by atoms with van der Waals surface area (Å²) in [6.07, 6.45) is 2.46.